The fourth-order valence-corrected chi connectivity index (χ4v) is 4.58. The molecule has 0 aromatic heterocycles. The van der Waals surface area contributed by atoms with Gasteiger partial charge in [-0.15, -0.1) is 0 Å². The molecule has 0 unspecified atom stereocenters. The average Bonchev–Trinajstić information content (AvgIpc) is 2.66. The molecule has 5 heteroatoms. The molecule has 4 nitrogen and oxygen atoms in total. The summed E-state index contributed by atoms with van der Waals surface area (Å²) in [6.45, 7) is 0.593. The molecule has 0 atom stereocenters. The van der Waals surface area contributed by atoms with Crippen molar-refractivity contribution in [2.45, 2.75) is 45.1 Å². The molecule has 0 bridgehead atoms. The van der Waals surface area contributed by atoms with Gasteiger partial charge in [0.25, 0.3) is 0 Å². The van der Waals surface area contributed by atoms with Crippen molar-refractivity contribution in [2.75, 3.05) is 5.32 Å². The fraction of sp³-hybridized carbons (Fsp3) is 0.364. The molecule has 27 heavy (non-hydrogen) atoms. The number of nitrogens with zero attached hydrogens (tertiary/aromatic N) is 1. The van der Waals surface area contributed by atoms with Crippen LogP contribution in [0.15, 0.2) is 47.5 Å². The molecule has 4 rings (SSSR count). The first-order valence-corrected chi connectivity index (χ1v) is 9.93. The van der Waals surface area contributed by atoms with Crippen molar-refractivity contribution in [1.82, 2.24) is 0 Å². The van der Waals surface area contributed by atoms with Gasteiger partial charge in [-0.25, -0.2) is 0 Å². The van der Waals surface area contributed by atoms with Crippen LogP contribution in [0.4, 0.5) is 5.69 Å². The Bertz CT molecular complexity index is 900. The third kappa shape index (κ3) is 3.72. The first-order chi connectivity index (χ1) is 13.1. The second kappa shape index (κ2) is 7.35. The number of aliphatic imine (C=N–C) groups is 1. The van der Waals surface area contributed by atoms with Crippen LogP contribution in [0.25, 0.3) is 0 Å². The number of halogens is 1. The Balaban J connectivity index is 1.69. The first kappa shape index (κ1) is 18.1. The number of primary amides is 1. The zero-order valence-electron chi connectivity index (χ0n) is 15.3. The zero-order valence-corrected chi connectivity index (χ0v) is 16.1. The van der Waals surface area contributed by atoms with Crippen LogP contribution < -0.4 is 11.1 Å². The number of rotatable bonds is 3. The number of nitrogens with two attached hydrogens (primary N) is 1. The van der Waals surface area contributed by atoms with Crippen molar-refractivity contribution in [3.05, 3.63) is 64.2 Å². The van der Waals surface area contributed by atoms with Crippen LogP contribution in [-0.2, 0) is 13.0 Å². The predicted molar refractivity (Wildman–Crippen MR) is 110 cm³/mol. The van der Waals surface area contributed by atoms with E-state index in [2.05, 4.69) is 5.32 Å². The molecule has 0 saturated heterocycles. The standard InChI is InChI=1S/C22H24ClN3O/c23-18-6-4-5-15(11-18)14-25-21-22(9-2-1-3-10-22)13-17-8-7-16(20(24)27)12-19(17)26-21/h4-8,11-12H,1-3,9-10,13-14H2,(H2,24,27)(H,25,26). The highest BCUT2D eigenvalue weighted by Gasteiger charge is 2.41. The van der Waals surface area contributed by atoms with Gasteiger partial charge in [-0.3, -0.25) is 9.79 Å². The lowest BCUT2D eigenvalue weighted by atomic mass is 9.67. The number of nitrogens with one attached hydrogen (secondary N) is 1. The van der Waals surface area contributed by atoms with Crippen LogP contribution in [-0.4, -0.2) is 11.7 Å². The van der Waals surface area contributed by atoms with E-state index in [1.54, 1.807) is 0 Å². The molecule has 2 aromatic rings. The van der Waals surface area contributed by atoms with E-state index in [0.29, 0.717) is 12.1 Å². The molecule has 1 heterocycles. The summed E-state index contributed by atoms with van der Waals surface area (Å²) in [6.07, 6.45) is 7.00. The fourth-order valence-electron chi connectivity index (χ4n) is 4.36. The van der Waals surface area contributed by atoms with Crippen LogP contribution in [0, 0.1) is 5.41 Å². The topological polar surface area (TPSA) is 67.5 Å². The summed E-state index contributed by atoms with van der Waals surface area (Å²) >= 11 is 6.11. The van der Waals surface area contributed by atoms with Crippen LogP contribution in [0.5, 0.6) is 0 Å². The Morgan fingerprint density at radius 2 is 1.96 bits per heavy atom. The van der Waals surface area contributed by atoms with E-state index in [0.717, 1.165) is 41.4 Å². The minimum atomic E-state index is -0.407. The Morgan fingerprint density at radius 1 is 1.15 bits per heavy atom. The Labute approximate surface area is 164 Å². The maximum atomic E-state index is 11.6. The van der Waals surface area contributed by atoms with Gasteiger partial charge in [0.2, 0.25) is 5.91 Å². The number of carbonyl (C=O) groups is 1. The molecule has 3 N–H and O–H groups in total. The van der Waals surface area contributed by atoms with Crippen molar-refractivity contribution in [3.8, 4) is 0 Å². The minimum Gasteiger partial charge on any atom is -0.366 e. The van der Waals surface area contributed by atoms with E-state index < -0.39 is 5.91 Å². The lowest BCUT2D eigenvalue weighted by Crippen LogP contribution is -2.43. The summed E-state index contributed by atoms with van der Waals surface area (Å²) in [4.78, 5) is 16.5. The number of hydrogen-bond acceptors (Lipinski definition) is 2. The smallest absolute Gasteiger partial charge is 0.248 e. The van der Waals surface area contributed by atoms with Crippen LogP contribution >= 0.6 is 11.6 Å². The Kier molecular flexibility index (Phi) is 4.92. The highest BCUT2D eigenvalue weighted by molar-refractivity contribution is 6.30. The summed E-state index contributed by atoms with van der Waals surface area (Å²) in [5, 5.41) is 4.28. The van der Waals surface area contributed by atoms with Gasteiger partial charge in [-0.2, -0.15) is 0 Å². The SMILES string of the molecule is NC(=O)c1ccc2c(c1)NC(=NCc1cccc(Cl)c1)C1(CCCCC1)C2. The number of fused-ring (bicyclic) bond motifs is 1. The summed E-state index contributed by atoms with van der Waals surface area (Å²) in [5.41, 5.74) is 9.34. The normalized spacial score (nSPS) is 19.5. The third-order valence-electron chi connectivity index (χ3n) is 5.80. The molecule has 1 spiro atoms. The third-order valence-corrected chi connectivity index (χ3v) is 6.03. The van der Waals surface area contributed by atoms with E-state index in [1.165, 1.54) is 24.8 Å². The van der Waals surface area contributed by atoms with Crippen molar-refractivity contribution < 1.29 is 4.79 Å². The molecule has 2 aliphatic rings. The first-order valence-electron chi connectivity index (χ1n) is 9.55. The van der Waals surface area contributed by atoms with Crippen LogP contribution in [0.1, 0.15) is 53.6 Å². The van der Waals surface area contributed by atoms with Gasteiger partial charge < -0.3 is 11.1 Å². The van der Waals surface area contributed by atoms with Crippen molar-refractivity contribution >= 4 is 29.0 Å². The number of anilines is 1. The predicted octanol–water partition coefficient (Wildman–Crippen LogP) is 4.96. The zero-order chi connectivity index (χ0) is 18.9. The van der Waals surface area contributed by atoms with Gasteiger partial charge in [0, 0.05) is 21.7 Å². The summed E-state index contributed by atoms with van der Waals surface area (Å²) in [5.74, 6) is 0.631. The van der Waals surface area contributed by atoms with E-state index in [4.69, 9.17) is 22.3 Å². The quantitative estimate of drug-likeness (QED) is 0.789. The summed E-state index contributed by atoms with van der Waals surface area (Å²) < 4.78 is 0. The molecule has 1 aliphatic heterocycles. The average molecular weight is 382 g/mol. The molecule has 1 saturated carbocycles. The number of benzene rings is 2. The highest BCUT2D eigenvalue weighted by Crippen LogP contribution is 2.45. The molecule has 1 amide bonds. The summed E-state index contributed by atoms with van der Waals surface area (Å²) in [6, 6.07) is 13.5. The van der Waals surface area contributed by atoms with Gasteiger partial charge >= 0.3 is 0 Å². The van der Waals surface area contributed by atoms with E-state index in [9.17, 15) is 4.79 Å². The maximum Gasteiger partial charge on any atom is 0.248 e. The number of amidine groups is 1. The molecule has 1 fully saturated rings. The molecular formula is C22H24ClN3O. The lowest BCUT2D eigenvalue weighted by molar-refractivity contribution is 0.100. The monoisotopic (exact) mass is 381 g/mol. The lowest BCUT2D eigenvalue weighted by Gasteiger charge is -2.42. The Morgan fingerprint density at radius 3 is 2.70 bits per heavy atom. The minimum absolute atomic E-state index is 0.0675. The van der Waals surface area contributed by atoms with Gasteiger partial charge in [0.15, 0.2) is 0 Å². The van der Waals surface area contributed by atoms with Gasteiger partial charge in [0.1, 0.15) is 5.84 Å². The summed E-state index contributed by atoms with van der Waals surface area (Å²) in [7, 11) is 0. The molecule has 1 aliphatic carbocycles. The van der Waals surface area contributed by atoms with Crippen molar-refractivity contribution in [3.63, 3.8) is 0 Å². The molecule has 0 radical (unpaired) electrons. The Hall–Kier alpha value is -2.33. The maximum absolute atomic E-state index is 11.6. The second-order valence-corrected chi connectivity index (χ2v) is 8.11. The second-order valence-electron chi connectivity index (χ2n) is 7.67. The van der Waals surface area contributed by atoms with Crippen molar-refractivity contribution in [1.29, 1.82) is 0 Å². The number of carbonyl (C=O) groups excluding carboxylic acids is 1. The van der Waals surface area contributed by atoms with E-state index in [-0.39, 0.29) is 5.41 Å². The molecule has 140 valence electrons. The molecular weight excluding hydrogens is 358 g/mol. The van der Waals surface area contributed by atoms with E-state index >= 15 is 0 Å². The van der Waals surface area contributed by atoms with Crippen molar-refractivity contribution in [2.24, 2.45) is 16.1 Å². The highest BCUT2D eigenvalue weighted by atomic mass is 35.5. The van der Waals surface area contributed by atoms with Gasteiger partial charge in [-0.05, 0) is 54.7 Å². The number of hydrogen-bond donors (Lipinski definition) is 2. The molecule has 2 aromatic carbocycles. The van der Waals surface area contributed by atoms with Crippen LogP contribution in [0.3, 0.4) is 0 Å². The van der Waals surface area contributed by atoms with Gasteiger partial charge in [-0.1, -0.05) is 49.1 Å². The van der Waals surface area contributed by atoms with Gasteiger partial charge in [0.05, 0.1) is 6.54 Å². The largest absolute Gasteiger partial charge is 0.366 e. The van der Waals surface area contributed by atoms with E-state index in [1.807, 2.05) is 42.5 Å². The van der Waals surface area contributed by atoms with Crippen LogP contribution in [0.2, 0.25) is 5.02 Å². The number of amides is 1.